The molecule has 0 radical (unpaired) electrons. The summed E-state index contributed by atoms with van der Waals surface area (Å²) in [7, 11) is -5.77. The van der Waals surface area contributed by atoms with Gasteiger partial charge in [0.15, 0.2) is 0 Å². The van der Waals surface area contributed by atoms with E-state index in [-0.39, 0.29) is 17.9 Å². The zero-order valence-electron chi connectivity index (χ0n) is 14.8. The fourth-order valence-electron chi connectivity index (χ4n) is 2.36. The number of amides is 1. The lowest BCUT2D eigenvalue weighted by Crippen LogP contribution is -2.40. The number of carbonyl (C=O) groups is 1. The molecule has 27 heavy (non-hydrogen) atoms. The van der Waals surface area contributed by atoms with Gasteiger partial charge in [-0.1, -0.05) is 24.3 Å². The predicted octanol–water partition coefficient (Wildman–Crippen LogP) is 3.77. The Labute approximate surface area is 155 Å². The van der Waals surface area contributed by atoms with E-state index in [9.17, 15) is 26.4 Å². The Balaban J connectivity index is 2.22. The van der Waals surface area contributed by atoms with Crippen LogP contribution in [0.5, 0.6) is 5.75 Å². The van der Waals surface area contributed by atoms with Gasteiger partial charge in [-0.2, -0.15) is 21.6 Å². The summed E-state index contributed by atoms with van der Waals surface area (Å²) in [5.74, 6) is -1.11. The molecule has 0 aliphatic rings. The van der Waals surface area contributed by atoms with Crippen molar-refractivity contribution in [2.24, 2.45) is 0 Å². The first-order valence-electron chi connectivity index (χ1n) is 7.84. The number of carbonyl (C=O) groups excluding carboxylic acids is 1. The number of rotatable bonds is 5. The number of benzene rings is 2. The van der Waals surface area contributed by atoms with Crippen LogP contribution < -0.4 is 9.46 Å². The second kappa shape index (κ2) is 7.59. The molecular weight excluding hydrogens is 383 g/mol. The number of hydrogen-bond donors (Lipinski definition) is 1. The van der Waals surface area contributed by atoms with Crippen molar-refractivity contribution in [2.75, 3.05) is 0 Å². The van der Waals surface area contributed by atoms with Crippen molar-refractivity contribution in [3.8, 4) is 5.75 Å². The molecule has 1 N–H and O–H groups in total. The smallest absolute Gasteiger partial charge is 0.489 e. The minimum atomic E-state index is -5.77. The quantitative estimate of drug-likeness (QED) is 0.828. The number of sulfonamides is 1. The molecule has 2 rings (SSSR count). The highest BCUT2D eigenvalue weighted by molar-refractivity contribution is 7.90. The van der Waals surface area contributed by atoms with E-state index in [2.05, 4.69) is 0 Å². The maximum atomic E-state index is 12.4. The van der Waals surface area contributed by atoms with E-state index < -0.39 is 21.4 Å². The molecule has 5 nitrogen and oxygen atoms in total. The van der Waals surface area contributed by atoms with Crippen molar-refractivity contribution >= 4 is 15.9 Å². The molecule has 0 bridgehead atoms. The lowest BCUT2D eigenvalue weighted by Gasteiger charge is -2.14. The summed E-state index contributed by atoms with van der Waals surface area (Å²) in [5.41, 5.74) is -2.21. The molecular formula is C18H18F3NO4S. The molecule has 0 saturated heterocycles. The van der Waals surface area contributed by atoms with Crippen LogP contribution in [0.4, 0.5) is 13.2 Å². The third-order valence-corrected chi connectivity index (χ3v) is 5.06. The van der Waals surface area contributed by atoms with Crippen molar-refractivity contribution in [3.63, 3.8) is 0 Å². The average molecular weight is 401 g/mol. The highest BCUT2D eigenvalue weighted by atomic mass is 32.2. The van der Waals surface area contributed by atoms with Crippen LogP contribution in [0.15, 0.2) is 36.4 Å². The van der Waals surface area contributed by atoms with Crippen LogP contribution in [-0.4, -0.2) is 19.8 Å². The predicted molar refractivity (Wildman–Crippen MR) is 93.9 cm³/mol. The molecule has 2 aromatic rings. The van der Waals surface area contributed by atoms with Gasteiger partial charge in [-0.15, -0.1) is 0 Å². The molecule has 0 saturated carbocycles. The number of ether oxygens (including phenoxy) is 1. The Morgan fingerprint density at radius 1 is 1.04 bits per heavy atom. The molecule has 0 spiro atoms. The lowest BCUT2D eigenvalue weighted by atomic mass is 10.0. The van der Waals surface area contributed by atoms with Gasteiger partial charge in [-0.25, -0.2) is 4.72 Å². The van der Waals surface area contributed by atoms with Gasteiger partial charge in [0.05, 0.1) is 0 Å². The van der Waals surface area contributed by atoms with Crippen molar-refractivity contribution in [1.29, 1.82) is 0 Å². The molecule has 2 aromatic carbocycles. The van der Waals surface area contributed by atoms with Crippen LogP contribution in [0.25, 0.3) is 0 Å². The molecule has 146 valence electrons. The summed E-state index contributed by atoms with van der Waals surface area (Å²) >= 11 is 0. The van der Waals surface area contributed by atoms with Crippen LogP contribution in [-0.2, 0) is 16.6 Å². The maximum Gasteiger partial charge on any atom is 0.516 e. The normalized spacial score (nSPS) is 11.9. The Kier molecular flexibility index (Phi) is 5.84. The molecule has 0 fully saturated rings. The molecule has 0 atom stereocenters. The van der Waals surface area contributed by atoms with Gasteiger partial charge in [-0.3, -0.25) is 4.79 Å². The van der Waals surface area contributed by atoms with Gasteiger partial charge in [0, 0.05) is 5.56 Å². The van der Waals surface area contributed by atoms with Crippen LogP contribution in [0.1, 0.15) is 32.6 Å². The standard InChI is InChI=1S/C18H18F3NO4S/c1-11-5-4-6-12(2)15(11)10-26-16-9-14(8-7-13(16)3)17(23)22-27(24,25)18(19,20)21/h4-9H,10H2,1-3H3,(H,22,23). The van der Waals surface area contributed by atoms with Gasteiger partial charge >= 0.3 is 15.5 Å². The Hall–Kier alpha value is -2.55. The minimum Gasteiger partial charge on any atom is -0.489 e. The average Bonchev–Trinajstić information content (AvgIpc) is 2.54. The molecule has 0 unspecified atom stereocenters. The van der Waals surface area contributed by atoms with E-state index in [1.807, 2.05) is 32.0 Å². The monoisotopic (exact) mass is 401 g/mol. The van der Waals surface area contributed by atoms with Gasteiger partial charge in [-0.05, 0) is 55.2 Å². The largest absolute Gasteiger partial charge is 0.516 e. The highest BCUT2D eigenvalue weighted by Crippen LogP contribution is 2.25. The number of alkyl halides is 3. The van der Waals surface area contributed by atoms with Crippen LogP contribution in [0.2, 0.25) is 0 Å². The van der Waals surface area contributed by atoms with Crippen molar-refractivity contribution < 1.29 is 31.1 Å². The Morgan fingerprint density at radius 2 is 1.63 bits per heavy atom. The summed E-state index contributed by atoms with van der Waals surface area (Å²) in [5, 5.41) is 0. The summed E-state index contributed by atoms with van der Waals surface area (Å²) in [6, 6.07) is 9.65. The van der Waals surface area contributed by atoms with Crippen LogP contribution >= 0.6 is 0 Å². The number of aryl methyl sites for hydroxylation is 3. The van der Waals surface area contributed by atoms with Crippen molar-refractivity contribution in [1.82, 2.24) is 4.72 Å². The first-order valence-corrected chi connectivity index (χ1v) is 9.32. The maximum absolute atomic E-state index is 12.4. The third-order valence-electron chi connectivity index (χ3n) is 4.00. The summed E-state index contributed by atoms with van der Waals surface area (Å²) < 4.78 is 66.1. The second-order valence-corrected chi connectivity index (χ2v) is 7.69. The van der Waals surface area contributed by atoms with Crippen molar-refractivity contribution in [2.45, 2.75) is 32.9 Å². The fourth-order valence-corrected chi connectivity index (χ4v) is 2.84. The third kappa shape index (κ3) is 4.79. The number of nitrogens with one attached hydrogen (secondary N) is 1. The lowest BCUT2D eigenvalue weighted by molar-refractivity contribution is -0.0446. The van der Waals surface area contributed by atoms with Crippen LogP contribution in [0.3, 0.4) is 0 Å². The zero-order valence-corrected chi connectivity index (χ0v) is 15.7. The molecule has 1 amide bonds. The van der Waals surface area contributed by atoms with Gasteiger partial charge in [0.1, 0.15) is 12.4 Å². The van der Waals surface area contributed by atoms with E-state index in [1.54, 1.807) is 6.92 Å². The fraction of sp³-hybridized carbons (Fsp3) is 0.278. The van der Waals surface area contributed by atoms with Gasteiger partial charge < -0.3 is 4.74 Å². The zero-order chi connectivity index (χ0) is 20.4. The minimum absolute atomic E-state index is 0.200. The van der Waals surface area contributed by atoms with E-state index >= 15 is 0 Å². The van der Waals surface area contributed by atoms with E-state index in [4.69, 9.17) is 4.74 Å². The van der Waals surface area contributed by atoms with E-state index in [1.165, 1.54) is 18.2 Å². The summed E-state index contributed by atoms with van der Waals surface area (Å²) in [6.07, 6.45) is 0. The SMILES string of the molecule is Cc1ccc(C(=O)NS(=O)(=O)C(F)(F)F)cc1OCc1c(C)cccc1C. The van der Waals surface area contributed by atoms with Crippen molar-refractivity contribution in [3.05, 3.63) is 64.2 Å². The summed E-state index contributed by atoms with van der Waals surface area (Å²) in [4.78, 5) is 11.9. The first kappa shape index (κ1) is 20.8. The van der Waals surface area contributed by atoms with E-state index in [0.29, 0.717) is 5.56 Å². The molecule has 0 aliphatic heterocycles. The number of halogens is 3. The summed E-state index contributed by atoms with van der Waals surface area (Å²) in [6.45, 7) is 5.74. The van der Waals surface area contributed by atoms with Gasteiger partial charge in [0.25, 0.3) is 5.91 Å². The molecule has 9 heteroatoms. The molecule has 0 aliphatic carbocycles. The second-order valence-electron chi connectivity index (χ2n) is 6.02. The van der Waals surface area contributed by atoms with E-state index in [0.717, 1.165) is 21.4 Å². The Morgan fingerprint density at radius 3 is 2.19 bits per heavy atom. The highest BCUT2D eigenvalue weighted by Gasteiger charge is 2.47. The number of hydrogen-bond acceptors (Lipinski definition) is 4. The first-order chi connectivity index (χ1) is 12.4. The Bertz CT molecular complexity index is 949. The van der Waals surface area contributed by atoms with Crippen LogP contribution in [0, 0.1) is 20.8 Å². The topological polar surface area (TPSA) is 72.5 Å². The molecule has 0 heterocycles. The van der Waals surface area contributed by atoms with Gasteiger partial charge in [0.2, 0.25) is 0 Å². The molecule has 0 aromatic heterocycles.